The quantitative estimate of drug-likeness (QED) is 0.856. The van der Waals surface area contributed by atoms with Crippen LogP contribution in [0.4, 0.5) is 0 Å². The Kier molecular flexibility index (Phi) is 3.18. The van der Waals surface area contributed by atoms with Crippen LogP contribution in [0, 0.1) is 0 Å². The lowest BCUT2D eigenvalue weighted by Crippen LogP contribution is -2.20. The summed E-state index contributed by atoms with van der Waals surface area (Å²) in [4.78, 5) is 5.67. The molecular weight excluding hydrogens is 206 g/mol. The Morgan fingerprint density at radius 3 is 3.13 bits per heavy atom. The Balaban J connectivity index is 2.11. The summed E-state index contributed by atoms with van der Waals surface area (Å²) in [6.07, 6.45) is 4.68. The molecule has 0 radical (unpaired) electrons. The Bertz CT molecular complexity index is 403. The summed E-state index contributed by atoms with van der Waals surface area (Å²) in [6.45, 7) is 2.91. The third-order valence-electron chi connectivity index (χ3n) is 2.21. The number of rotatable bonds is 4. The zero-order valence-electron chi connectivity index (χ0n) is 8.76. The predicted molar refractivity (Wildman–Crippen MR) is 63.0 cm³/mol. The standard InChI is InChI=1S/C11H15N3S/c1-9(12)7-11-13-4-5-14(11)8-10-3-2-6-15-10/h2-6,9H,7-8,12H2,1H3. The second kappa shape index (κ2) is 4.59. The molecule has 80 valence electrons. The van der Waals surface area contributed by atoms with Crippen molar-refractivity contribution in [3.05, 3.63) is 40.6 Å². The van der Waals surface area contributed by atoms with Crippen molar-refractivity contribution < 1.29 is 0 Å². The van der Waals surface area contributed by atoms with Gasteiger partial charge in [-0.3, -0.25) is 0 Å². The first-order valence-electron chi connectivity index (χ1n) is 5.03. The molecule has 2 aromatic rings. The van der Waals surface area contributed by atoms with E-state index in [9.17, 15) is 0 Å². The molecular formula is C11H15N3S. The van der Waals surface area contributed by atoms with Gasteiger partial charge in [0.15, 0.2) is 0 Å². The van der Waals surface area contributed by atoms with E-state index in [4.69, 9.17) is 5.73 Å². The molecule has 2 aromatic heterocycles. The van der Waals surface area contributed by atoms with Gasteiger partial charge in [-0.05, 0) is 18.4 Å². The summed E-state index contributed by atoms with van der Waals surface area (Å²) in [5.41, 5.74) is 5.78. The molecule has 0 aliphatic heterocycles. The van der Waals surface area contributed by atoms with Crippen molar-refractivity contribution in [2.45, 2.75) is 25.9 Å². The molecule has 0 fully saturated rings. The minimum atomic E-state index is 0.162. The van der Waals surface area contributed by atoms with E-state index in [0.717, 1.165) is 18.8 Å². The van der Waals surface area contributed by atoms with Crippen LogP contribution in [0.2, 0.25) is 0 Å². The van der Waals surface area contributed by atoms with Gasteiger partial charge in [0.2, 0.25) is 0 Å². The average Bonchev–Trinajstić information content (AvgIpc) is 2.78. The highest BCUT2D eigenvalue weighted by atomic mass is 32.1. The van der Waals surface area contributed by atoms with Gasteiger partial charge in [0.1, 0.15) is 5.82 Å². The van der Waals surface area contributed by atoms with Crippen LogP contribution in [0.1, 0.15) is 17.6 Å². The predicted octanol–water partition coefficient (Wildman–Crippen LogP) is 1.88. The SMILES string of the molecule is CC(N)Cc1nccn1Cc1cccs1. The van der Waals surface area contributed by atoms with Crippen molar-refractivity contribution in [1.29, 1.82) is 0 Å². The number of nitrogens with two attached hydrogens (primary N) is 1. The van der Waals surface area contributed by atoms with Gasteiger partial charge in [-0.1, -0.05) is 6.07 Å². The van der Waals surface area contributed by atoms with Crippen LogP contribution in [0.3, 0.4) is 0 Å². The maximum atomic E-state index is 5.78. The molecule has 0 aliphatic carbocycles. The molecule has 2 N–H and O–H groups in total. The van der Waals surface area contributed by atoms with E-state index in [1.807, 2.05) is 19.3 Å². The van der Waals surface area contributed by atoms with E-state index in [2.05, 4.69) is 27.1 Å². The van der Waals surface area contributed by atoms with Crippen LogP contribution in [0.5, 0.6) is 0 Å². The van der Waals surface area contributed by atoms with Crippen molar-refractivity contribution in [3.8, 4) is 0 Å². The summed E-state index contributed by atoms with van der Waals surface area (Å²) in [7, 11) is 0. The molecule has 1 atom stereocenters. The number of nitrogens with zero attached hydrogens (tertiary/aromatic N) is 2. The third-order valence-corrected chi connectivity index (χ3v) is 3.07. The number of imidazole rings is 1. The van der Waals surface area contributed by atoms with Crippen molar-refractivity contribution in [2.24, 2.45) is 5.73 Å². The average molecular weight is 221 g/mol. The van der Waals surface area contributed by atoms with Crippen molar-refractivity contribution in [3.63, 3.8) is 0 Å². The van der Waals surface area contributed by atoms with Gasteiger partial charge >= 0.3 is 0 Å². The van der Waals surface area contributed by atoms with E-state index >= 15 is 0 Å². The Morgan fingerprint density at radius 1 is 1.60 bits per heavy atom. The second-order valence-corrected chi connectivity index (χ2v) is 4.76. The van der Waals surface area contributed by atoms with E-state index < -0.39 is 0 Å². The van der Waals surface area contributed by atoms with Crippen LogP contribution in [-0.4, -0.2) is 15.6 Å². The smallest absolute Gasteiger partial charge is 0.110 e. The summed E-state index contributed by atoms with van der Waals surface area (Å²) < 4.78 is 2.16. The lowest BCUT2D eigenvalue weighted by Gasteiger charge is -2.08. The molecule has 2 heterocycles. The Morgan fingerprint density at radius 2 is 2.47 bits per heavy atom. The normalized spacial score (nSPS) is 12.9. The van der Waals surface area contributed by atoms with Gasteiger partial charge in [-0.2, -0.15) is 0 Å². The van der Waals surface area contributed by atoms with Crippen LogP contribution >= 0.6 is 11.3 Å². The minimum Gasteiger partial charge on any atom is -0.330 e. The first kappa shape index (κ1) is 10.4. The minimum absolute atomic E-state index is 0.162. The molecule has 3 nitrogen and oxygen atoms in total. The molecule has 0 aromatic carbocycles. The van der Waals surface area contributed by atoms with Gasteiger partial charge < -0.3 is 10.3 Å². The summed E-state index contributed by atoms with van der Waals surface area (Å²) >= 11 is 1.77. The van der Waals surface area contributed by atoms with E-state index in [1.54, 1.807) is 11.3 Å². The maximum absolute atomic E-state index is 5.78. The zero-order chi connectivity index (χ0) is 10.7. The lowest BCUT2D eigenvalue weighted by molar-refractivity contribution is 0.651. The molecule has 0 bridgehead atoms. The first-order valence-corrected chi connectivity index (χ1v) is 5.91. The molecule has 2 rings (SSSR count). The summed E-state index contributed by atoms with van der Waals surface area (Å²) in [5, 5.41) is 2.09. The van der Waals surface area contributed by atoms with Crippen LogP contribution in [0.25, 0.3) is 0 Å². The van der Waals surface area contributed by atoms with Crippen LogP contribution in [-0.2, 0) is 13.0 Å². The third kappa shape index (κ3) is 2.67. The fourth-order valence-electron chi connectivity index (χ4n) is 1.53. The molecule has 0 aliphatic rings. The molecule has 0 saturated carbocycles. The number of hydrogen-bond donors (Lipinski definition) is 1. The Labute approximate surface area is 93.6 Å². The van der Waals surface area contributed by atoms with Gasteiger partial charge in [0.25, 0.3) is 0 Å². The van der Waals surface area contributed by atoms with Gasteiger partial charge in [-0.25, -0.2) is 4.98 Å². The van der Waals surface area contributed by atoms with Crippen molar-refractivity contribution >= 4 is 11.3 Å². The first-order chi connectivity index (χ1) is 7.25. The fourth-order valence-corrected chi connectivity index (χ4v) is 2.24. The highest BCUT2D eigenvalue weighted by molar-refractivity contribution is 7.09. The molecule has 0 spiro atoms. The largest absolute Gasteiger partial charge is 0.330 e. The monoisotopic (exact) mass is 221 g/mol. The Hall–Kier alpha value is -1.13. The number of aromatic nitrogens is 2. The molecule has 0 amide bonds. The summed E-state index contributed by atoms with van der Waals surface area (Å²) in [6, 6.07) is 4.37. The van der Waals surface area contributed by atoms with Gasteiger partial charge in [0.05, 0.1) is 6.54 Å². The van der Waals surface area contributed by atoms with Crippen LogP contribution < -0.4 is 5.73 Å². The maximum Gasteiger partial charge on any atom is 0.110 e. The highest BCUT2D eigenvalue weighted by Gasteiger charge is 2.06. The summed E-state index contributed by atoms with van der Waals surface area (Å²) in [5.74, 6) is 1.07. The molecule has 1 unspecified atom stereocenters. The van der Waals surface area contributed by atoms with E-state index in [1.165, 1.54) is 4.88 Å². The molecule has 0 saturated heterocycles. The zero-order valence-corrected chi connectivity index (χ0v) is 9.57. The van der Waals surface area contributed by atoms with Crippen molar-refractivity contribution in [2.75, 3.05) is 0 Å². The van der Waals surface area contributed by atoms with Gasteiger partial charge in [0, 0.05) is 29.7 Å². The van der Waals surface area contributed by atoms with Crippen LogP contribution in [0.15, 0.2) is 29.9 Å². The lowest BCUT2D eigenvalue weighted by atomic mass is 10.2. The van der Waals surface area contributed by atoms with Gasteiger partial charge in [-0.15, -0.1) is 11.3 Å². The number of thiophene rings is 1. The van der Waals surface area contributed by atoms with Crippen molar-refractivity contribution in [1.82, 2.24) is 9.55 Å². The van der Waals surface area contributed by atoms with E-state index in [0.29, 0.717) is 0 Å². The molecule has 15 heavy (non-hydrogen) atoms. The second-order valence-electron chi connectivity index (χ2n) is 3.73. The topological polar surface area (TPSA) is 43.8 Å². The molecule has 4 heteroatoms. The highest BCUT2D eigenvalue weighted by Crippen LogP contribution is 2.12. The fraction of sp³-hybridized carbons (Fsp3) is 0.364. The van der Waals surface area contributed by atoms with E-state index in [-0.39, 0.29) is 6.04 Å². The number of hydrogen-bond acceptors (Lipinski definition) is 3.